The standard InChI is InChI=1S/2C5H5N5.6C4H6O2.2Dy.12H2O/c2*6-4-3-5(9-1-7-3)10-2-8-4;6*1-2-3-4(5)6;;;;;;;;;;;;;;/h2*1-2H,(H3,6,7,8,9,10);6*2-3H,1H3,(H,5,6);;;12*1H2/q;;;;;;;;2*+3;;;;;;;;;;;;/p-6/b;;6*3-2+;;;;;;;;;;;;;;. The average Bonchev–Trinajstić information content (AvgIpc) is 3.78. The Balaban J connectivity index is -0.0000000272. The minimum Gasteiger partial charge on any atom is -0.545 e. The number of hydrogen-bond acceptors (Lipinski definition) is 20. The molecule has 0 fully saturated rings. The number of imidazole rings is 2. The van der Waals surface area contributed by atoms with Gasteiger partial charge in [0.1, 0.15) is 23.7 Å². The van der Waals surface area contributed by atoms with Crippen LogP contribution in [-0.2, 0) is 28.8 Å². The van der Waals surface area contributed by atoms with Gasteiger partial charge in [-0.15, -0.1) is 0 Å². The van der Waals surface area contributed by atoms with Crippen LogP contribution in [-0.4, -0.2) is 141 Å². The first-order valence-corrected chi connectivity index (χ1v) is 15.2. The van der Waals surface area contributed by atoms with Crippen molar-refractivity contribution in [1.82, 2.24) is 39.9 Å². The zero-order valence-electron chi connectivity index (χ0n) is 37.6. The Labute approximate surface area is 458 Å². The minimum atomic E-state index is -1.14. The monoisotopic (exact) mass is 1320 g/mol. The third-order valence-corrected chi connectivity index (χ3v) is 4.32. The molecular formula is C34H64Dy2N10O24. The first-order valence-electron chi connectivity index (χ1n) is 15.2. The first kappa shape index (κ1) is 120. The molecule has 34 nitrogen and oxygen atoms in total. The maximum Gasteiger partial charge on any atom is 3.00 e. The molecule has 0 unspecified atom stereocenters. The molecule has 4 aromatic rings. The van der Waals surface area contributed by atoms with Crippen LogP contribution >= 0.6 is 0 Å². The molecule has 70 heavy (non-hydrogen) atoms. The third-order valence-electron chi connectivity index (χ3n) is 4.32. The predicted octanol–water partition coefficient (Wildman–Crippen LogP) is -14.2. The second-order valence-electron chi connectivity index (χ2n) is 8.63. The van der Waals surface area contributed by atoms with Crippen molar-refractivity contribution in [2.75, 3.05) is 11.5 Å². The van der Waals surface area contributed by atoms with E-state index in [2.05, 4.69) is 39.9 Å². The number of nitrogens with one attached hydrogen (secondary N) is 2. The van der Waals surface area contributed by atoms with E-state index in [0.717, 1.165) is 36.5 Å². The molecule has 30 N–H and O–H groups in total. The number of aromatic amines is 2. The molecule has 4 heterocycles. The number of aromatic nitrogens is 8. The number of aliphatic carboxylic acids is 6. The quantitative estimate of drug-likeness (QED) is 0.130. The van der Waals surface area contributed by atoms with Gasteiger partial charge in [-0.1, -0.05) is 36.5 Å². The Morgan fingerprint density at radius 3 is 0.657 bits per heavy atom. The van der Waals surface area contributed by atoms with E-state index in [4.69, 9.17) is 11.5 Å². The van der Waals surface area contributed by atoms with Crippen molar-refractivity contribution in [3.8, 4) is 0 Å². The van der Waals surface area contributed by atoms with Gasteiger partial charge in [0.2, 0.25) is 0 Å². The molecule has 2 radical (unpaired) electrons. The summed E-state index contributed by atoms with van der Waals surface area (Å²) in [5, 5.41) is 56.4. The summed E-state index contributed by atoms with van der Waals surface area (Å²) in [6, 6.07) is 0. The molecule has 0 spiro atoms. The molecule has 0 atom stereocenters. The topological polar surface area (TPSA) is 780 Å². The number of nitrogens with zero attached hydrogens (tertiary/aromatic N) is 6. The van der Waals surface area contributed by atoms with E-state index in [9.17, 15) is 59.4 Å². The molecule has 36 heteroatoms. The Morgan fingerprint density at radius 2 is 0.543 bits per heavy atom. The molecule has 0 amide bonds. The summed E-state index contributed by atoms with van der Waals surface area (Å²) >= 11 is 0. The van der Waals surface area contributed by atoms with Crippen LogP contribution in [0.3, 0.4) is 0 Å². The van der Waals surface area contributed by atoms with E-state index < -0.39 is 35.8 Å². The fourth-order valence-electron chi connectivity index (χ4n) is 2.38. The van der Waals surface area contributed by atoms with Gasteiger partial charge in [0, 0.05) is 0 Å². The predicted molar refractivity (Wildman–Crippen MR) is 234 cm³/mol. The van der Waals surface area contributed by atoms with Crippen molar-refractivity contribution in [3.63, 3.8) is 0 Å². The van der Waals surface area contributed by atoms with Crippen LogP contribution in [0.2, 0.25) is 0 Å². The number of carboxylic acids is 6. The van der Waals surface area contributed by atoms with Gasteiger partial charge in [-0.2, -0.15) is 0 Å². The van der Waals surface area contributed by atoms with Crippen LogP contribution in [0.4, 0.5) is 11.6 Å². The molecule has 0 aromatic carbocycles. The summed E-state index contributed by atoms with van der Waals surface area (Å²) in [6.45, 7) is 9.72. The molecule has 0 saturated carbocycles. The zero-order valence-corrected chi connectivity index (χ0v) is 41.7. The van der Waals surface area contributed by atoms with E-state index in [0.29, 0.717) is 34.0 Å². The van der Waals surface area contributed by atoms with Gasteiger partial charge in [-0.05, 0) is 78.0 Å². The summed E-state index contributed by atoms with van der Waals surface area (Å²) in [4.78, 5) is 85.1. The van der Waals surface area contributed by atoms with Crippen molar-refractivity contribution >= 4 is 69.8 Å². The van der Waals surface area contributed by atoms with E-state index in [-0.39, 0.29) is 142 Å². The van der Waals surface area contributed by atoms with Crippen LogP contribution in [0.25, 0.3) is 22.3 Å². The van der Waals surface area contributed by atoms with Crippen molar-refractivity contribution in [3.05, 3.63) is 98.2 Å². The maximum absolute atomic E-state index is 9.40. The van der Waals surface area contributed by atoms with Crippen LogP contribution < -0.4 is 42.1 Å². The summed E-state index contributed by atoms with van der Waals surface area (Å²) in [5.41, 5.74) is 13.6. The van der Waals surface area contributed by atoms with Crippen LogP contribution in [0, 0.1) is 76.3 Å². The van der Waals surface area contributed by atoms with Gasteiger partial charge in [0.25, 0.3) is 0 Å². The van der Waals surface area contributed by atoms with Gasteiger partial charge in [-0.25, -0.2) is 29.9 Å². The van der Waals surface area contributed by atoms with Gasteiger partial charge in [0.05, 0.1) is 48.5 Å². The number of nitrogens with two attached hydrogens (primary N) is 2. The molecule has 0 aliphatic rings. The Morgan fingerprint density at radius 1 is 0.371 bits per heavy atom. The first-order chi connectivity index (χ1) is 26.4. The van der Waals surface area contributed by atoms with Crippen LogP contribution in [0.5, 0.6) is 0 Å². The molecular weight excluding hydrogens is 1260 g/mol. The Bertz CT molecular complexity index is 1720. The van der Waals surface area contributed by atoms with Crippen molar-refractivity contribution in [2.45, 2.75) is 41.5 Å². The van der Waals surface area contributed by atoms with Crippen molar-refractivity contribution in [2.24, 2.45) is 0 Å². The van der Waals surface area contributed by atoms with E-state index >= 15 is 0 Å². The number of H-pyrrole nitrogens is 2. The van der Waals surface area contributed by atoms with Crippen molar-refractivity contribution < 1.29 is 201 Å². The van der Waals surface area contributed by atoms with Crippen LogP contribution in [0.15, 0.2) is 98.2 Å². The fourth-order valence-corrected chi connectivity index (χ4v) is 2.38. The number of fused-ring (bicyclic) bond motifs is 2. The van der Waals surface area contributed by atoms with E-state index in [1.807, 2.05) is 0 Å². The number of carbonyl (C=O) groups is 6. The molecule has 0 saturated heterocycles. The summed E-state index contributed by atoms with van der Waals surface area (Å²) < 4.78 is 0. The molecule has 0 aliphatic carbocycles. The fraction of sp³-hybridized carbons (Fsp3) is 0.176. The summed E-state index contributed by atoms with van der Waals surface area (Å²) in [6.07, 6.45) is 20.2. The minimum absolute atomic E-state index is 0. The Hall–Kier alpha value is -5.97. The normalized spacial score (nSPS) is 7.86. The molecule has 4 rings (SSSR count). The third kappa shape index (κ3) is 85.3. The second kappa shape index (κ2) is 83.1. The molecule has 4 aromatic heterocycles. The van der Waals surface area contributed by atoms with Gasteiger partial charge < -0.3 is 147 Å². The van der Waals surface area contributed by atoms with Crippen molar-refractivity contribution in [1.29, 1.82) is 0 Å². The number of carbonyl (C=O) groups excluding carboxylic acids is 6. The Kier molecular flexibility index (Phi) is 142. The number of hydrogen-bond donors (Lipinski definition) is 4. The number of allylic oxidation sites excluding steroid dienone is 6. The number of carboxylic acid groups (broad SMARTS) is 6. The molecule has 414 valence electrons. The van der Waals surface area contributed by atoms with Gasteiger partial charge >= 0.3 is 76.3 Å². The second-order valence-corrected chi connectivity index (χ2v) is 8.63. The average molecular weight is 1320 g/mol. The SMILES string of the molecule is C/C=C/C(=O)[O-].C/C=C/C(=O)[O-].C/C=C/C(=O)[O-].C/C=C/C(=O)[O-].C/C=C/C(=O)[O-].C/C=C/C(=O)[O-].Nc1ncnc2nc[nH]c12.Nc1ncnc2nc[nH]c12.O.O.O.O.O.O.O.O.O.O.O.O.[Dy+3].[Dy+3]. The number of nitrogen functional groups attached to an aromatic ring is 2. The summed E-state index contributed by atoms with van der Waals surface area (Å²) in [5.74, 6) is -5.98. The number of anilines is 2. The van der Waals surface area contributed by atoms with E-state index in [1.54, 1.807) is 41.5 Å². The van der Waals surface area contributed by atoms with Gasteiger partial charge in [0.15, 0.2) is 22.9 Å². The molecule has 0 bridgehead atoms. The van der Waals surface area contributed by atoms with E-state index in [1.165, 1.54) is 61.8 Å². The van der Waals surface area contributed by atoms with Crippen LogP contribution in [0.1, 0.15) is 41.5 Å². The molecule has 0 aliphatic heterocycles. The number of rotatable bonds is 6. The maximum atomic E-state index is 9.40. The van der Waals surface area contributed by atoms with Gasteiger partial charge in [-0.3, -0.25) is 0 Å². The smallest absolute Gasteiger partial charge is 0.545 e. The largest absolute Gasteiger partial charge is 3.00 e. The summed E-state index contributed by atoms with van der Waals surface area (Å²) in [7, 11) is 0. The zero-order chi connectivity index (χ0) is 43.9.